The number of sulfonamides is 1. The molecule has 3 rings (SSSR count). The molecule has 2 aromatic carbocycles. The third-order valence-electron chi connectivity index (χ3n) is 5.69. The normalized spacial score (nSPS) is 16.6. The van der Waals surface area contributed by atoms with Gasteiger partial charge in [-0.15, -0.1) is 0 Å². The number of ether oxygens (including phenoxy) is 1. The molecule has 1 atom stereocenters. The molecule has 6 nitrogen and oxygen atoms in total. The third kappa shape index (κ3) is 6.80. The van der Waals surface area contributed by atoms with E-state index in [1.165, 1.54) is 5.56 Å². The second-order valence-electron chi connectivity index (χ2n) is 8.34. The average Bonchev–Trinajstić information content (AvgIpc) is 2.77. The molecule has 0 spiro atoms. The summed E-state index contributed by atoms with van der Waals surface area (Å²) in [4.78, 5) is 12.4. The summed E-state index contributed by atoms with van der Waals surface area (Å²) in [7, 11) is -3.48. The smallest absolute Gasteiger partial charge is 0.258 e. The Morgan fingerprint density at radius 2 is 1.74 bits per heavy atom. The number of nitrogens with zero attached hydrogens (tertiary/aromatic N) is 1. The van der Waals surface area contributed by atoms with Crippen molar-refractivity contribution in [2.75, 3.05) is 19.7 Å². The predicted octanol–water partition coefficient (Wildman–Crippen LogP) is 3.62. The van der Waals surface area contributed by atoms with Gasteiger partial charge in [0.25, 0.3) is 5.91 Å². The van der Waals surface area contributed by atoms with Crippen molar-refractivity contribution in [3.63, 3.8) is 0 Å². The van der Waals surface area contributed by atoms with Crippen LogP contribution in [0.5, 0.6) is 5.75 Å². The Morgan fingerprint density at radius 1 is 1.10 bits per heavy atom. The lowest BCUT2D eigenvalue weighted by atomic mass is 10.0. The van der Waals surface area contributed by atoms with Gasteiger partial charge in [-0.1, -0.05) is 37.3 Å². The first-order valence-electron chi connectivity index (χ1n) is 10.9. The van der Waals surface area contributed by atoms with Crippen LogP contribution in [0, 0.1) is 5.92 Å². The van der Waals surface area contributed by atoms with Gasteiger partial charge in [0.1, 0.15) is 5.75 Å². The van der Waals surface area contributed by atoms with Crippen molar-refractivity contribution in [1.29, 1.82) is 0 Å². The summed E-state index contributed by atoms with van der Waals surface area (Å²) in [5, 5.41) is 2.94. The minimum atomic E-state index is -3.48. The SMILES string of the molecule is CC1CCN(S(=O)(=O)c2ccc(OCC(=O)NC(C)CCc3ccccc3)cc2)CC1. The highest BCUT2D eigenvalue weighted by Gasteiger charge is 2.27. The molecule has 0 radical (unpaired) electrons. The molecule has 0 bridgehead atoms. The molecule has 168 valence electrons. The molecule has 1 N–H and O–H groups in total. The lowest BCUT2D eigenvalue weighted by Gasteiger charge is -2.29. The van der Waals surface area contributed by atoms with Gasteiger partial charge in [0, 0.05) is 19.1 Å². The number of carbonyl (C=O) groups is 1. The lowest BCUT2D eigenvalue weighted by Crippen LogP contribution is -2.37. The highest BCUT2D eigenvalue weighted by Crippen LogP contribution is 2.24. The molecule has 1 saturated heterocycles. The zero-order chi connectivity index (χ0) is 22.3. The summed E-state index contributed by atoms with van der Waals surface area (Å²) >= 11 is 0. The van der Waals surface area contributed by atoms with E-state index < -0.39 is 10.0 Å². The number of benzene rings is 2. The Hall–Kier alpha value is -2.38. The fourth-order valence-electron chi connectivity index (χ4n) is 3.65. The quantitative estimate of drug-likeness (QED) is 0.641. The minimum absolute atomic E-state index is 0.0380. The number of rotatable bonds is 9. The Balaban J connectivity index is 1.44. The third-order valence-corrected chi connectivity index (χ3v) is 7.60. The number of hydrogen-bond acceptors (Lipinski definition) is 4. The van der Waals surface area contributed by atoms with E-state index in [0.717, 1.165) is 25.7 Å². The van der Waals surface area contributed by atoms with E-state index >= 15 is 0 Å². The topological polar surface area (TPSA) is 75.7 Å². The Labute approximate surface area is 185 Å². The molecular formula is C24H32N2O4S. The van der Waals surface area contributed by atoms with Crippen LogP contribution >= 0.6 is 0 Å². The van der Waals surface area contributed by atoms with E-state index in [4.69, 9.17) is 4.74 Å². The standard InChI is InChI=1S/C24H32N2O4S/c1-19-14-16-26(17-15-19)31(28,29)23-12-10-22(11-13-23)30-18-24(27)25-20(2)8-9-21-6-4-3-5-7-21/h3-7,10-13,19-20H,8-9,14-18H2,1-2H3,(H,25,27). The Morgan fingerprint density at radius 3 is 2.39 bits per heavy atom. The molecule has 1 aliphatic rings. The number of hydrogen-bond donors (Lipinski definition) is 1. The first kappa shape index (κ1) is 23.3. The van der Waals surface area contributed by atoms with Crippen molar-refractivity contribution in [3.05, 3.63) is 60.2 Å². The van der Waals surface area contributed by atoms with Crippen LogP contribution in [0.15, 0.2) is 59.5 Å². The minimum Gasteiger partial charge on any atom is -0.484 e. The first-order valence-corrected chi connectivity index (χ1v) is 12.3. The zero-order valence-corrected chi connectivity index (χ0v) is 19.1. The molecule has 0 aromatic heterocycles. The summed E-state index contributed by atoms with van der Waals surface area (Å²) in [6, 6.07) is 16.5. The van der Waals surface area contributed by atoms with E-state index in [0.29, 0.717) is 24.8 Å². The Bertz CT molecular complexity index is 937. The summed E-state index contributed by atoms with van der Waals surface area (Å²) in [6.07, 6.45) is 3.52. The second-order valence-corrected chi connectivity index (χ2v) is 10.3. The van der Waals surface area contributed by atoms with Crippen molar-refractivity contribution in [1.82, 2.24) is 9.62 Å². The van der Waals surface area contributed by atoms with Gasteiger partial charge in [-0.25, -0.2) is 8.42 Å². The van der Waals surface area contributed by atoms with Gasteiger partial charge in [-0.05, 0) is 68.4 Å². The van der Waals surface area contributed by atoms with Crippen LogP contribution in [0.4, 0.5) is 0 Å². The molecule has 1 aliphatic heterocycles. The largest absolute Gasteiger partial charge is 0.484 e. The molecule has 0 saturated carbocycles. The van der Waals surface area contributed by atoms with Gasteiger partial charge in [-0.3, -0.25) is 4.79 Å². The van der Waals surface area contributed by atoms with Crippen LogP contribution in [0.2, 0.25) is 0 Å². The van der Waals surface area contributed by atoms with Crippen LogP contribution < -0.4 is 10.1 Å². The van der Waals surface area contributed by atoms with Gasteiger partial charge < -0.3 is 10.1 Å². The van der Waals surface area contributed by atoms with Crippen LogP contribution in [0.3, 0.4) is 0 Å². The zero-order valence-electron chi connectivity index (χ0n) is 18.3. The molecule has 2 aromatic rings. The van der Waals surface area contributed by atoms with Gasteiger partial charge in [0.05, 0.1) is 4.90 Å². The second kappa shape index (κ2) is 10.8. The van der Waals surface area contributed by atoms with Gasteiger partial charge in [0.2, 0.25) is 10.0 Å². The molecular weight excluding hydrogens is 412 g/mol. The van der Waals surface area contributed by atoms with E-state index in [-0.39, 0.29) is 23.5 Å². The molecule has 1 fully saturated rings. The maximum Gasteiger partial charge on any atom is 0.258 e. The van der Waals surface area contributed by atoms with Crippen molar-refractivity contribution >= 4 is 15.9 Å². The molecule has 7 heteroatoms. The summed E-state index contributed by atoms with van der Waals surface area (Å²) in [6.45, 7) is 5.14. The van der Waals surface area contributed by atoms with Crippen LogP contribution in [-0.4, -0.2) is 44.4 Å². The summed E-state index contributed by atoms with van der Waals surface area (Å²) in [5.41, 5.74) is 1.24. The highest BCUT2D eigenvalue weighted by atomic mass is 32.2. The predicted molar refractivity (Wildman–Crippen MR) is 121 cm³/mol. The number of amides is 1. The average molecular weight is 445 g/mol. The maximum absolute atomic E-state index is 12.8. The van der Waals surface area contributed by atoms with Crippen LogP contribution in [0.1, 0.15) is 38.7 Å². The van der Waals surface area contributed by atoms with E-state index in [1.807, 2.05) is 25.1 Å². The van der Waals surface area contributed by atoms with Gasteiger partial charge in [0.15, 0.2) is 6.61 Å². The first-order chi connectivity index (χ1) is 14.8. The van der Waals surface area contributed by atoms with E-state index in [2.05, 4.69) is 24.4 Å². The fourth-order valence-corrected chi connectivity index (χ4v) is 5.12. The van der Waals surface area contributed by atoms with Crippen LogP contribution in [0.25, 0.3) is 0 Å². The number of aryl methyl sites for hydroxylation is 1. The summed E-state index contributed by atoms with van der Waals surface area (Å²) < 4.78 is 32.6. The number of carbonyl (C=O) groups excluding carboxylic acids is 1. The van der Waals surface area contributed by atoms with Crippen molar-refractivity contribution in [2.24, 2.45) is 5.92 Å². The monoisotopic (exact) mass is 444 g/mol. The number of piperidine rings is 1. The van der Waals surface area contributed by atoms with Gasteiger partial charge >= 0.3 is 0 Å². The molecule has 1 unspecified atom stereocenters. The van der Waals surface area contributed by atoms with Crippen molar-refractivity contribution in [3.8, 4) is 5.75 Å². The Kier molecular flexibility index (Phi) is 8.09. The highest BCUT2D eigenvalue weighted by molar-refractivity contribution is 7.89. The molecule has 1 amide bonds. The molecule has 1 heterocycles. The van der Waals surface area contributed by atoms with Crippen molar-refractivity contribution in [2.45, 2.75) is 50.5 Å². The number of nitrogens with one attached hydrogen (secondary N) is 1. The lowest BCUT2D eigenvalue weighted by molar-refractivity contribution is -0.123. The summed E-state index contributed by atoms with van der Waals surface area (Å²) in [5.74, 6) is 0.840. The van der Waals surface area contributed by atoms with Gasteiger partial charge in [-0.2, -0.15) is 4.31 Å². The maximum atomic E-state index is 12.8. The van der Waals surface area contributed by atoms with E-state index in [9.17, 15) is 13.2 Å². The van der Waals surface area contributed by atoms with Crippen molar-refractivity contribution < 1.29 is 17.9 Å². The molecule has 31 heavy (non-hydrogen) atoms. The molecule has 0 aliphatic carbocycles. The van der Waals surface area contributed by atoms with Crippen LogP contribution in [-0.2, 0) is 21.2 Å². The van der Waals surface area contributed by atoms with E-state index in [1.54, 1.807) is 28.6 Å². The fraction of sp³-hybridized carbons (Fsp3) is 0.458.